The molecule has 0 unspecified atom stereocenters. The standard InChI is InChI=1S/C17H11ClN2OS/c1-21-12-5-2-10(3-6-12)16-9-15-17(22-16)20-14-8-11(18)4-7-13(14)19-15/h2-9H,1H3. The second-order valence-corrected chi connectivity index (χ2v) is 6.35. The predicted molar refractivity (Wildman–Crippen MR) is 91.9 cm³/mol. The van der Waals surface area contributed by atoms with Crippen LogP contribution >= 0.6 is 22.9 Å². The van der Waals surface area contributed by atoms with E-state index in [0.29, 0.717) is 5.02 Å². The summed E-state index contributed by atoms with van der Waals surface area (Å²) >= 11 is 7.65. The first-order valence-electron chi connectivity index (χ1n) is 6.74. The van der Waals surface area contributed by atoms with Gasteiger partial charge in [-0.2, -0.15) is 0 Å². The highest BCUT2D eigenvalue weighted by Crippen LogP contribution is 2.33. The van der Waals surface area contributed by atoms with Crippen molar-refractivity contribution < 1.29 is 4.74 Å². The Hall–Kier alpha value is -2.17. The quantitative estimate of drug-likeness (QED) is 0.509. The minimum Gasteiger partial charge on any atom is -0.497 e. The molecule has 0 aliphatic heterocycles. The molecule has 4 aromatic rings. The normalized spacial score (nSPS) is 11.2. The lowest BCUT2D eigenvalue weighted by molar-refractivity contribution is 0.415. The summed E-state index contributed by atoms with van der Waals surface area (Å²) in [4.78, 5) is 11.4. The molecular formula is C17H11ClN2OS. The van der Waals surface area contributed by atoms with E-state index in [-0.39, 0.29) is 0 Å². The van der Waals surface area contributed by atoms with Gasteiger partial charge in [0.2, 0.25) is 0 Å². The summed E-state index contributed by atoms with van der Waals surface area (Å²) in [6, 6.07) is 15.6. The minimum atomic E-state index is 0.674. The van der Waals surface area contributed by atoms with Crippen molar-refractivity contribution in [2.24, 2.45) is 0 Å². The molecule has 3 nitrogen and oxygen atoms in total. The lowest BCUT2D eigenvalue weighted by Gasteiger charge is -2.00. The lowest BCUT2D eigenvalue weighted by Crippen LogP contribution is -1.83. The van der Waals surface area contributed by atoms with Crippen LogP contribution in [0.5, 0.6) is 5.75 Å². The number of ether oxygens (including phenoxy) is 1. The summed E-state index contributed by atoms with van der Waals surface area (Å²) < 4.78 is 5.19. The Morgan fingerprint density at radius 3 is 2.50 bits per heavy atom. The van der Waals surface area contributed by atoms with Crippen LogP contribution in [-0.4, -0.2) is 17.1 Å². The van der Waals surface area contributed by atoms with Gasteiger partial charge in [-0.15, -0.1) is 11.3 Å². The molecule has 0 amide bonds. The van der Waals surface area contributed by atoms with Crippen LogP contribution in [0.3, 0.4) is 0 Å². The summed E-state index contributed by atoms with van der Waals surface area (Å²) in [7, 11) is 1.67. The van der Waals surface area contributed by atoms with Gasteiger partial charge in [0.15, 0.2) is 0 Å². The van der Waals surface area contributed by atoms with Crippen LogP contribution in [0.25, 0.3) is 31.8 Å². The number of nitrogens with zero attached hydrogens (tertiary/aromatic N) is 2. The van der Waals surface area contributed by atoms with E-state index in [1.165, 1.54) is 0 Å². The van der Waals surface area contributed by atoms with Crippen LogP contribution in [0.15, 0.2) is 48.5 Å². The first kappa shape index (κ1) is 13.5. The number of hydrogen-bond acceptors (Lipinski definition) is 4. The maximum Gasteiger partial charge on any atom is 0.143 e. The van der Waals surface area contributed by atoms with E-state index in [1.807, 2.05) is 42.5 Å². The van der Waals surface area contributed by atoms with Gasteiger partial charge in [-0.3, -0.25) is 0 Å². The molecule has 2 aromatic carbocycles. The molecule has 0 aliphatic rings. The fraction of sp³-hybridized carbons (Fsp3) is 0.0588. The van der Waals surface area contributed by atoms with Gasteiger partial charge in [0.05, 0.1) is 18.1 Å². The number of rotatable bonds is 2. The Morgan fingerprint density at radius 1 is 0.909 bits per heavy atom. The molecule has 4 rings (SSSR count). The van der Waals surface area contributed by atoms with Crippen LogP contribution in [0.1, 0.15) is 0 Å². The molecule has 2 aromatic heterocycles. The number of hydrogen-bond donors (Lipinski definition) is 0. The van der Waals surface area contributed by atoms with Crippen LogP contribution in [0.4, 0.5) is 0 Å². The molecule has 2 heterocycles. The topological polar surface area (TPSA) is 35.0 Å². The van der Waals surface area contributed by atoms with E-state index in [9.17, 15) is 0 Å². The molecule has 22 heavy (non-hydrogen) atoms. The Labute approximate surface area is 136 Å². The average molecular weight is 327 g/mol. The van der Waals surface area contributed by atoms with Gasteiger partial charge in [-0.1, -0.05) is 11.6 Å². The Bertz CT molecular complexity index is 979. The molecule has 0 N–H and O–H groups in total. The molecule has 108 valence electrons. The Kier molecular flexibility index (Phi) is 3.21. The van der Waals surface area contributed by atoms with E-state index in [2.05, 4.69) is 16.0 Å². The summed E-state index contributed by atoms with van der Waals surface area (Å²) in [5.74, 6) is 0.849. The van der Waals surface area contributed by atoms with E-state index in [1.54, 1.807) is 18.4 Å². The van der Waals surface area contributed by atoms with Crippen LogP contribution in [-0.2, 0) is 0 Å². The van der Waals surface area contributed by atoms with Crippen LogP contribution in [0, 0.1) is 0 Å². The van der Waals surface area contributed by atoms with E-state index >= 15 is 0 Å². The fourth-order valence-corrected chi connectivity index (χ4v) is 3.50. The summed E-state index contributed by atoms with van der Waals surface area (Å²) in [6.45, 7) is 0. The lowest BCUT2D eigenvalue weighted by atomic mass is 10.2. The number of aromatic nitrogens is 2. The van der Waals surface area contributed by atoms with Crippen LogP contribution < -0.4 is 4.74 Å². The summed E-state index contributed by atoms with van der Waals surface area (Å²) in [5, 5.41) is 0.674. The number of methoxy groups -OCH3 is 1. The largest absolute Gasteiger partial charge is 0.497 e. The van der Waals surface area contributed by atoms with Crippen LogP contribution in [0.2, 0.25) is 5.02 Å². The fourth-order valence-electron chi connectivity index (χ4n) is 2.35. The highest BCUT2D eigenvalue weighted by molar-refractivity contribution is 7.21. The third-order valence-corrected chi connectivity index (χ3v) is 4.77. The van der Waals surface area contributed by atoms with Crippen molar-refractivity contribution in [1.29, 1.82) is 0 Å². The summed E-state index contributed by atoms with van der Waals surface area (Å²) in [5.41, 5.74) is 3.72. The molecule has 0 aliphatic carbocycles. The second kappa shape index (κ2) is 5.23. The number of thiophene rings is 1. The average Bonchev–Trinajstić information content (AvgIpc) is 2.95. The van der Waals surface area contributed by atoms with Gasteiger partial charge in [-0.05, 0) is 54.1 Å². The third kappa shape index (κ3) is 2.30. The monoisotopic (exact) mass is 326 g/mol. The highest BCUT2D eigenvalue weighted by atomic mass is 35.5. The minimum absolute atomic E-state index is 0.674. The van der Waals surface area contributed by atoms with E-state index in [4.69, 9.17) is 16.3 Å². The molecule has 0 radical (unpaired) electrons. The second-order valence-electron chi connectivity index (χ2n) is 4.89. The number of benzene rings is 2. The summed E-state index contributed by atoms with van der Waals surface area (Å²) in [6.07, 6.45) is 0. The van der Waals surface area contributed by atoms with Gasteiger partial charge in [0.25, 0.3) is 0 Å². The number of fused-ring (bicyclic) bond motifs is 2. The molecule has 0 spiro atoms. The van der Waals surface area contributed by atoms with E-state index in [0.717, 1.165) is 37.6 Å². The van der Waals surface area contributed by atoms with Gasteiger partial charge >= 0.3 is 0 Å². The van der Waals surface area contributed by atoms with Crippen molar-refractivity contribution in [2.75, 3.05) is 7.11 Å². The van der Waals surface area contributed by atoms with Crippen molar-refractivity contribution in [2.45, 2.75) is 0 Å². The van der Waals surface area contributed by atoms with Crippen molar-refractivity contribution in [3.8, 4) is 16.2 Å². The zero-order chi connectivity index (χ0) is 15.1. The van der Waals surface area contributed by atoms with Crippen molar-refractivity contribution in [1.82, 2.24) is 9.97 Å². The number of halogens is 1. The van der Waals surface area contributed by atoms with Crippen molar-refractivity contribution >= 4 is 44.3 Å². The first-order chi connectivity index (χ1) is 10.7. The maximum absolute atomic E-state index is 6.02. The zero-order valence-electron chi connectivity index (χ0n) is 11.7. The SMILES string of the molecule is COc1ccc(-c2cc3nc4ccc(Cl)cc4nc3s2)cc1. The van der Waals surface area contributed by atoms with Gasteiger partial charge in [-0.25, -0.2) is 9.97 Å². The Balaban J connectivity index is 1.86. The highest BCUT2D eigenvalue weighted by Gasteiger charge is 2.09. The molecule has 0 atom stereocenters. The van der Waals surface area contributed by atoms with Gasteiger partial charge in [0.1, 0.15) is 16.1 Å². The van der Waals surface area contributed by atoms with Crippen molar-refractivity contribution in [3.05, 3.63) is 53.6 Å². The molecule has 0 saturated carbocycles. The zero-order valence-corrected chi connectivity index (χ0v) is 13.3. The van der Waals surface area contributed by atoms with Gasteiger partial charge in [0, 0.05) is 9.90 Å². The van der Waals surface area contributed by atoms with Gasteiger partial charge < -0.3 is 4.74 Å². The molecular weight excluding hydrogens is 316 g/mol. The smallest absolute Gasteiger partial charge is 0.143 e. The molecule has 0 saturated heterocycles. The predicted octanol–water partition coefficient (Wildman–Crippen LogP) is 5.17. The first-order valence-corrected chi connectivity index (χ1v) is 7.94. The maximum atomic E-state index is 6.02. The molecule has 0 bridgehead atoms. The Morgan fingerprint density at radius 2 is 1.73 bits per heavy atom. The molecule has 0 fully saturated rings. The molecule has 5 heteroatoms. The third-order valence-electron chi connectivity index (χ3n) is 3.47. The van der Waals surface area contributed by atoms with Crippen molar-refractivity contribution in [3.63, 3.8) is 0 Å². The van der Waals surface area contributed by atoms with E-state index < -0.39 is 0 Å².